The Labute approximate surface area is 159 Å². The summed E-state index contributed by atoms with van der Waals surface area (Å²) >= 11 is 0. The molecule has 1 aliphatic heterocycles. The minimum Gasteiger partial charge on any atom is -0.293 e. The molecule has 0 saturated carbocycles. The molecule has 2 heterocycles. The van der Waals surface area contributed by atoms with Gasteiger partial charge in [0, 0.05) is 26.2 Å². The summed E-state index contributed by atoms with van der Waals surface area (Å²) in [5, 5.41) is 20.3. The minimum absolute atomic E-state index is 0.235. The summed E-state index contributed by atoms with van der Waals surface area (Å²) in [4.78, 5) is 1.94. The second-order valence-corrected chi connectivity index (χ2v) is 8.27. The van der Waals surface area contributed by atoms with Gasteiger partial charge in [0.15, 0.2) is 5.82 Å². The summed E-state index contributed by atoms with van der Waals surface area (Å²) < 4.78 is 64.7. The summed E-state index contributed by atoms with van der Waals surface area (Å²) in [5.74, 6) is 0.372. The van der Waals surface area contributed by atoms with Gasteiger partial charge in [0.1, 0.15) is 0 Å². The number of benzene rings is 1. The van der Waals surface area contributed by atoms with Gasteiger partial charge in [0.25, 0.3) is 0 Å². The van der Waals surface area contributed by atoms with Crippen molar-refractivity contribution >= 4 is 10.0 Å². The van der Waals surface area contributed by atoms with E-state index in [-0.39, 0.29) is 12.2 Å². The van der Waals surface area contributed by atoms with Crippen molar-refractivity contribution in [1.82, 2.24) is 29.4 Å². The van der Waals surface area contributed by atoms with E-state index in [1.165, 1.54) is 15.1 Å². The Balaban J connectivity index is 1.79. The van der Waals surface area contributed by atoms with Gasteiger partial charge in [-0.25, -0.2) is 8.42 Å². The van der Waals surface area contributed by atoms with Gasteiger partial charge in [-0.15, -0.1) is 5.10 Å². The second-order valence-electron chi connectivity index (χ2n) is 6.28. The lowest BCUT2D eigenvalue weighted by atomic mass is 10.1. The number of hydrogen-bond donors (Lipinski definition) is 0. The smallest absolute Gasteiger partial charge is 0.293 e. The quantitative estimate of drug-likeness (QED) is 0.721. The van der Waals surface area contributed by atoms with Gasteiger partial charge in [0.2, 0.25) is 10.0 Å². The van der Waals surface area contributed by atoms with Crippen LogP contribution in [0, 0.1) is 11.3 Å². The molecule has 1 fully saturated rings. The fourth-order valence-corrected chi connectivity index (χ4v) is 3.75. The third kappa shape index (κ3) is 4.29. The zero-order chi connectivity index (χ0) is 20.5. The largest absolute Gasteiger partial charge is 0.417 e. The summed E-state index contributed by atoms with van der Waals surface area (Å²) in [5.41, 5.74) is -1.31. The molecule has 0 radical (unpaired) electrons. The van der Waals surface area contributed by atoms with E-state index in [0.29, 0.717) is 32.0 Å². The molecule has 1 aromatic heterocycles. The second kappa shape index (κ2) is 7.46. The van der Waals surface area contributed by atoms with E-state index < -0.39 is 27.3 Å². The van der Waals surface area contributed by atoms with Crippen molar-refractivity contribution < 1.29 is 21.6 Å². The molecular weight excluding hydrogens is 399 g/mol. The van der Waals surface area contributed by atoms with Crippen molar-refractivity contribution in [3.05, 3.63) is 35.2 Å². The van der Waals surface area contributed by atoms with E-state index in [4.69, 9.17) is 5.26 Å². The van der Waals surface area contributed by atoms with Gasteiger partial charge < -0.3 is 0 Å². The molecule has 0 aliphatic carbocycles. The standard InChI is InChI=1S/C15H16F3N7O2S/c1-28(26,27)24-6-4-23(5-7-24)10-14-20-21-22-25(14)12-2-3-13(15(16,17)18)11(8-12)9-19/h2-3,8H,4-7,10H2,1H3. The number of tetrazole rings is 1. The number of halogens is 3. The zero-order valence-corrected chi connectivity index (χ0v) is 15.6. The highest BCUT2D eigenvalue weighted by Crippen LogP contribution is 2.32. The van der Waals surface area contributed by atoms with Crippen LogP contribution in [0.4, 0.5) is 13.2 Å². The molecule has 13 heteroatoms. The molecule has 28 heavy (non-hydrogen) atoms. The molecule has 150 valence electrons. The molecule has 1 aromatic carbocycles. The summed E-state index contributed by atoms with van der Waals surface area (Å²) in [7, 11) is -3.25. The van der Waals surface area contributed by atoms with E-state index in [2.05, 4.69) is 15.5 Å². The van der Waals surface area contributed by atoms with Crippen LogP contribution in [0.3, 0.4) is 0 Å². The van der Waals surface area contributed by atoms with Crippen molar-refractivity contribution in [2.75, 3.05) is 32.4 Å². The van der Waals surface area contributed by atoms with Crippen LogP contribution in [-0.4, -0.2) is 70.3 Å². The molecule has 0 amide bonds. The average molecular weight is 415 g/mol. The van der Waals surface area contributed by atoms with E-state index in [1.54, 1.807) is 6.07 Å². The van der Waals surface area contributed by atoms with E-state index >= 15 is 0 Å². The lowest BCUT2D eigenvalue weighted by Crippen LogP contribution is -2.48. The van der Waals surface area contributed by atoms with Crippen LogP contribution in [0.15, 0.2) is 18.2 Å². The molecule has 2 aromatic rings. The molecule has 1 aliphatic rings. The first-order chi connectivity index (χ1) is 13.1. The van der Waals surface area contributed by atoms with Gasteiger partial charge in [0.05, 0.1) is 35.7 Å². The third-order valence-electron chi connectivity index (χ3n) is 4.37. The Kier molecular flexibility index (Phi) is 5.37. The van der Waals surface area contributed by atoms with Crippen molar-refractivity contribution in [3.8, 4) is 11.8 Å². The number of nitriles is 1. The number of piperazine rings is 1. The number of alkyl halides is 3. The zero-order valence-electron chi connectivity index (χ0n) is 14.8. The normalized spacial score (nSPS) is 16.8. The van der Waals surface area contributed by atoms with Crippen LogP contribution >= 0.6 is 0 Å². The summed E-state index contributed by atoms with van der Waals surface area (Å²) in [6, 6.07) is 4.66. The highest BCUT2D eigenvalue weighted by atomic mass is 32.2. The Morgan fingerprint density at radius 2 is 1.89 bits per heavy atom. The highest BCUT2D eigenvalue weighted by Gasteiger charge is 2.34. The first-order valence-corrected chi connectivity index (χ1v) is 10.0. The van der Waals surface area contributed by atoms with Crippen LogP contribution in [0.25, 0.3) is 5.69 Å². The third-order valence-corrected chi connectivity index (χ3v) is 5.68. The predicted octanol–water partition coefficient (Wildman–Crippen LogP) is 0.630. The molecule has 0 atom stereocenters. The van der Waals surface area contributed by atoms with Crippen LogP contribution in [0.1, 0.15) is 17.0 Å². The fraction of sp³-hybridized carbons (Fsp3) is 0.467. The average Bonchev–Trinajstić information content (AvgIpc) is 3.08. The lowest BCUT2D eigenvalue weighted by Gasteiger charge is -2.32. The van der Waals surface area contributed by atoms with Gasteiger partial charge in [-0.05, 0) is 28.6 Å². The van der Waals surface area contributed by atoms with Crippen LogP contribution in [0.2, 0.25) is 0 Å². The van der Waals surface area contributed by atoms with Crippen molar-refractivity contribution in [2.24, 2.45) is 0 Å². The number of hydrogen-bond acceptors (Lipinski definition) is 7. The Morgan fingerprint density at radius 1 is 1.21 bits per heavy atom. The molecule has 0 bridgehead atoms. The van der Waals surface area contributed by atoms with Gasteiger partial charge in [-0.1, -0.05) is 0 Å². The van der Waals surface area contributed by atoms with Crippen LogP contribution in [0.5, 0.6) is 0 Å². The first-order valence-electron chi connectivity index (χ1n) is 8.16. The van der Waals surface area contributed by atoms with E-state index in [0.717, 1.165) is 18.4 Å². The molecule has 3 rings (SSSR count). The van der Waals surface area contributed by atoms with Gasteiger partial charge >= 0.3 is 6.18 Å². The maximum Gasteiger partial charge on any atom is 0.417 e. The number of nitrogens with zero attached hydrogens (tertiary/aromatic N) is 7. The van der Waals surface area contributed by atoms with Crippen molar-refractivity contribution in [3.63, 3.8) is 0 Å². The monoisotopic (exact) mass is 415 g/mol. The van der Waals surface area contributed by atoms with E-state index in [9.17, 15) is 21.6 Å². The topological polar surface area (TPSA) is 108 Å². The van der Waals surface area contributed by atoms with Gasteiger partial charge in [-0.3, -0.25) is 4.90 Å². The Hall–Kier alpha value is -2.56. The Bertz CT molecular complexity index is 1010. The molecule has 9 nitrogen and oxygen atoms in total. The number of aromatic nitrogens is 4. The maximum absolute atomic E-state index is 13.0. The first kappa shape index (κ1) is 20.2. The molecule has 1 saturated heterocycles. The molecule has 0 N–H and O–H groups in total. The summed E-state index contributed by atoms with van der Waals surface area (Å²) in [6.45, 7) is 1.89. The van der Waals surface area contributed by atoms with Crippen molar-refractivity contribution in [2.45, 2.75) is 12.7 Å². The summed E-state index contributed by atoms with van der Waals surface area (Å²) in [6.07, 6.45) is -3.48. The lowest BCUT2D eigenvalue weighted by molar-refractivity contribution is -0.137. The van der Waals surface area contributed by atoms with Crippen LogP contribution in [-0.2, 0) is 22.7 Å². The van der Waals surface area contributed by atoms with Crippen molar-refractivity contribution in [1.29, 1.82) is 5.26 Å². The van der Waals surface area contributed by atoms with E-state index in [1.807, 2.05) is 4.90 Å². The number of rotatable bonds is 4. The molecular formula is C15H16F3N7O2S. The molecule has 0 unspecified atom stereocenters. The fourth-order valence-electron chi connectivity index (χ4n) is 2.93. The molecule has 0 spiro atoms. The van der Waals surface area contributed by atoms with Gasteiger partial charge in [-0.2, -0.15) is 27.4 Å². The highest BCUT2D eigenvalue weighted by molar-refractivity contribution is 7.88. The van der Waals surface area contributed by atoms with Crippen LogP contribution < -0.4 is 0 Å². The number of sulfonamides is 1. The maximum atomic E-state index is 13.0. The predicted molar refractivity (Wildman–Crippen MR) is 90.6 cm³/mol. The minimum atomic E-state index is -4.63. The Morgan fingerprint density at radius 3 is 2.46 bits per heavy atom. The SMILES string of the molecule is CS(=O)(=O)N1CCN(Cc2nnnn2-c2ccc(C(F)(F)F)c(C#N)c2)CC1.